The second kappa shape index (κ2) is 7.57. The fourth-order valence-corrected chi connectivity index (χ4v) is 3.19. The summed E-state index contributed by atoms with van der Waals surface area (Å²) in [5, 5.41) is 3.63. The van der Waals surface area contributed by atoms with E-state index in [1.54, 1.807) is 30.0 Å². The van der Waals surface area contributed by atoms with E-state index in [0.717, 1.165) is 0 Å². The van der Waals surface area contributed by atoms with Gasteiger partial charge in [-0.15, -0.1) is 0 Å². The molecule has 0 radical (unpaired) electrons. The molecule has 1 fully saturated rings. The topological polar surface area (TPSA) is 41.4 Å². The van der Waals surface area contributed by atoms with Crippen molar-refractivity contribution in [3.63, 3.8) is 0 Å². The first-order valence-electron chi connectivity index (χ1n) is 8.16. The standard InChI is InChI=1S/C17H18ClF3N4O/c1-11-15(18)16(17(20)21)22-25(11)10-14(26)24-8-6-23(7-9-24)13-5-3-2-4-12(13)19/h2-5,17H,6-10H2,1H3. The van der Waals surface area contributed by atoms with Gasteiger partial charge in [-0.05, 0) is 19.1 Å². The van der Waals surface area contributed by atoms with Gasteiger partial charge in [0.05, 0.1) is 16.4 Å². The van der Waals surface area contributed by atoms with Crippen molar-refractivity contribution >= 4 is 23.2 Å². The zero-order valence-electron chi connectivity index (χ0n) is 14.1. The highest BCUT2D eigenvalue weighted by atomic mass is 35.5. The largest absolute Gasteiger partial charge is 0.366 e. The van der Waals surface area contributed by atoms with E-state index in [-0.39, 0.29) is 23.3 Å². The van der Waals surface area contributed by atoms with Crippen LogP contribution >= 0.6 is 11.6 Å². The van der Waals surface area contributed by atoms with Crippen molar-refractivity contribution in [1.29, 1.82) is 0 Å². The molecule has 1 aromatic carbocycles. The highest BCUT2D eigenvalue weighted by Gasteiger charge is 2.25. The molecule has 2 heterocycles. The molecule has 0 N–H and O–H groups in total. The summed E-state index contributed by atoms with van der Waals surface area (Å²) < 4.78 is 40.8. The van der Waals surface area contributed by atoms with Crippen molar-refractivity contribution in [2.45, 2.75) is 19.9 Å². The van der Waals surface area contributed by atoms with E-state index in [2.05, 4.69) is 5.10 Å². The molecule has 140 valence electrons. The van der Waals surface area contributed by atoms with Crippen LogP contribution in [0.5, 0.6) is 0 Å². The van der Waals surface area contributed by atoms with Crippen LogP contribution in [0.3, 0.4) is 0 Å². The van der Waals surface area contributed by atoms with Gasteiger partial charge in [-0.2, -0.15) is 5.10 Å². The fourth-order valence-electron chi connectivity index (χ4n) is 2.97. The number of benzene rings is 1. The number of halogens is 4. The second-order valence-electron chi connectivity index (χ2n) is 6.06. The molecule has 9 heteroatoms. The van der Waals surface area contributed by atoms with Crippen LogP contribution in [0.25, 0.3) is 0 Å². The van der Waals surface area contributed by atoms with Crippen LogP contribution in [0, 0.1) is 12.7 Å². The third kappa shape index (κ3) is 3.65. The van der Waals surface area contributed by atoms with Crippen molar-refractivity contribution in [2.75, 3.05) is 31.1 Å². The first kappa shape index (κ1) is 18.6. The number of alkyl halides is 2. The van der Waals surface area contributed by atoms with E-state index in [1.807, 2.05) is 4.90 Å². The summed E-state index contributed by atoms with van der Waals surface area (Å²) in [7, 11) is 0. The quantitative estimate of drug-likeness (QED) is 0.809. The molecular weight excluding hydrogens is 369 g/mol. The van der Waals surface area contributed by atoms with Crippen molar-refractivity contribution in [3.8, 4) is 0 Å². The Kier molecular flexibility index (Phi) is 5.41. The van der Waals surface area contributed by atoms with Crippen LogP contribution in [0.15, 0.2) is 24.3 Å². The maximum Gasteiger partial charge on any atom is 0.283 e. The minimum atomic E-state index is -2.79. The average molecular weight is 387 g/mol. The van der Waals surface area contributed by atoms with E-state index < -0.39 is 12.1 Å². The van der Waals surface area contributed by atoms with Crippen LogP contribution < -0.4 is 4.90 Å². The Bertz CT molecular complexity index is 803. The lowest BCUT2D eigenvalue weighted by atomic mass is 10.2. The smallest absolute Gasteiger partial charge is 0.283 e. The van der Waals surface area contributed by atoms with E-state index in [4.69, 9.17) is 11.6 Å². The molecule has 0 unspecified atom stereocenters. The summed E-state index contributed by atoms with van der Waals surface area (Å²) in [5.41, 5.74) is 0.331. The number of rotatable bonds is 4. The summed E-state index contributed by atoms with van der Waals surface area (Å²) in [5.74, 6) is -0.533. The maximum atomic E-state index is 13.9. The van der Waals surface area contributed by atoms with Gasteiger partial charge in [0.15, 0.2) is 0 Å². The summed E-state index contributed by atoms with van der Waals surface area (Å²) in [6.07, 6.45) is -2.79. The molecule has 2 aromatic rings. The number of hydrogen-bond acceptors (Lipinski definition) is 3. The van der Waals surface area contributed by atoms with Crippen LogP contribution in [0.1, 0.15) is 17.8 Å². The number of carbonyl (C=O) groups is 1. The van der Waals surface area contributed by atoms with Gasteiger partial charge in [0.1, 0.15) is 18.1 Å². The van der Waals surface area contributed by atoms with Gasteiger partial charge >= 0.3 is 0 Å². The normalized spacial score (nSPS) is 15.0. The van der Waals surface area contributed by atoms with E-state index in [0.29, 0.717) is 37.6 Å². The van der Waals surface area contributed by atoms with Gasteiger partial charge in [0, 0.05) is 26.2 Å². The second-order valence-corrected chi connectivity index (χ2v) is 6.44. The van der Waals surface area contributed by atoms with E-state index in [1.165, 1.54) is 10.7 Å². The van der Waals surface area contributed by atoms with Crippen LogP contribution in [0.4, 0.5) is 18.9 Å². The average Bonchev–Trinajstić information content (AvgIpc) is 2.91. The minimum Gasteiger partial charge on any atom is -0.366 e. The van der Waals surface area contributed by atoms with Gasteiger partial charge < -0.3 is 9.80 Å². The highest BCUT2D eigenvalue weighted by Crippen LogP contribution is 2.28. The lowest BCUT2D eigenvalue weighted by Gasteiger charge is -2.36. The van der Waals surface area contributed by atoms with Crippen LogP contribution in [-0.4, -0.2) is 46.8 Å². The highest BCUT2D eigenvalue weighted by molar-refractivity contribution is 6.31. The Morgan fingerprint density at radius 3 is 2.46 bits per heavy atom. The molecule has 0 bridgehead atoms. The fraction of sp³-hybridized carbons (Fsp3) is 0.412. The Morgan fingerprint density at radius 2 is 1.88 bits per heavy atom. The number of piperazine rings is 1. The predicted molar refractivity (Wildman–Crippen MR) is 92.1 cm³/mol. The SMILES string of the molecule is Cc1c(Cl)c(C(F)F)nn1CC(=O)N1CCN(c2ccccc2F)CC1. The summed E-state index contributed by atoms with van der Waals surface area (Å²) in [4.78, 5) is 16.0. The van der Waals surface area contributed by atoms with E-state index >= 15 is 0 Å². The lowest BCUT2D eigenvalue weighted by molar-refractivity contribution is -0.132. The first-order chi connectivity index (χ1) is 12.4. The first-order valence-corrected chi connectivity index (χ1v) is 8.54. The molecular formula is C17H18ClF3N4O. The molecule has 1 saturated heterocycles. The van der Waals surface area contributed by atoms with Crippen LogP contribution in [-0.2, 0) is 11.3 Å². The Balaban J connectivity index is 1.63. The molecule has 1 aliphatic heterocycles. The molecule has 0 aliphatic carbocycles. The lowest BCUT2D eigenvalue weighted by Crippen LogP contribution is -2.50. The number of anilines is 1. The zero-order valence-corrected chi connectivity index (χ0v) is 14.9. The van der Waals surface area contributed by atoms with Crippen molar-refractivity contribution in [2.24, 2.45) is 0 Å². The predicted octanol–water partition coefficient (Wildman–Crippen LogP) is 3.27. The molecule has 5 nitrogen and oxygen atoms in total. The third-order valence-electron chi connectivity index (χ3n) is 4.48. The van der Waals surface area contributed by atoms with Gasteiger partial charge in [-0.25, -0.2) is 13.2 Å². The summed E-state index contributed by atoms with van der Waals surface area (Å²) in [6.45, 7) is 3.22. The van der Waals surface area contributed by atoms with E-state index in [9.17, 15) is 18.0 Å². The third-order valence-corrected chi connectivity index (χ3v) is 4.94. The molecule has 0 spiro atoms. The molecule has 3 rings (SSSR count). The van der Waals surface area contributed by atoms with Crippen molar-refractivity contribution in [3.05, 3.63) is 46.5 Å². The zero-order chi connectivity index (χ0) is 18.8. The molecule has 0 saturated carbocycles. The number of carbonyl (C=O) groups excluding carboxylic acids is 1. The number of nitrogens with zero attached hydrogens (tertiary/aromatic N) is 4. The van der Waals surface area contributed by atoms with Gasteiger partial charge in [-0.1, -0.05) is 23.7 Å². The summed E-state index contributed by atoms with van der Waals surface area (Å²) in [6, 6.07) is 6.50. The maximum absolute atomic E-state index is 13.9. The molecule has 0 atom stereocenters. The Morgan fingerprint density at radius 1 is 1.23 bits per heavy atom. The van der Waals surface area contributed by atoms with Crippen LogP contribution in [0.2, 0.25) is 5.02 Å². The minimum absolute atomic E-state index is 0.114. The monoisotopic (exact) mass is 386 g/mol. The number of amides is 1. The summed E-state index contributed by atoms with van der Waals surface area (Å²) >= 11 is 5.85. The van der Waals surface area contributed by atoms with Crippen molar-refractivity contribution < 1.29 is 18.0 Å². The number of hydrogen-bond donors (Lipinski definition) is 0. The molecule has 1 aromatic heterocycles. The Labute approximate surface area is 153 Å². The van der Waals surface area contributed by atoms with Gasteiger partial charge in [0.2, 0.25) is 5.91 Å². The van der Waals surface area contributed by atoms with Crippen molar-refractivity contribution in [1.82, 2.24) is 14.7 Å². The number of aromatic nitrogens is 2. The molecule has 1 aliphatic rings. The number of para-hydroxylation sites is 1. The van der Waals surface area contributed by atoms with Gasteiger partial charge in [-0.3, -0.25) is 9.48 Å². The Hall–Kier alpha value is -2.22. The molecule has 1 amide bonds. The molecule has 26 heavy (non-hydrogen) atoms. The van der Waals surface area contributed by atoms with Gasteiger partial charge in [0.25, 0.3) is 6.43 Å².